The molecule has 6 nitrogen and oxygen atoms in total. The van der Waals surface area contributed by atoms with Crippen LogP contribution in [-0.4, -0.2) is 24.8 Å². The van der Waals surface area contributed by atoms with Gasteiger partial charge in [-0.05, 0) is 67.1 Å². The summed E-state index contributed by atoms with van der Waals surface area (Å²) in [6.07, 6.45) is 1.56. The van der Waals surface area contributed by atoms with Crippen molar-refractivity contribution >= 4 is 23.8 Å². The first kappa shape index (κ1) is 21.0. The average molecular weight is 432 g/mol. The number of Topliss-reactive ketones (excluding diaryl/α,β-unsaturated/α-hetero) is 1. The summed E-state index contributed by atoms with van der Waals surface area (Å²) in [7, 11) is 1.30. The monoisotopic (exact) mass is 432 g/mol. The van der Waals surface area contributed by atoms with E-state index in [1.807, 2.05) is 0 Å². The van der Waals surface area contributed by atoms with Crippen LogP contribution in [0.1, 0.15) is 42.2 Å². The number of hydrogen-bond donors (Lipinski definition) is 0. The van der Waals surface area contributed by atoms with Crippen molar-refractivity contribution in [2.75, 3.05) is 7.11 Å². The Balaban J connectivity index is 1.56. The van der Waals surface area contributed by atoms with Crippen LogP contribution in [0.25, 0.3) is 6.08 Å². The normalized spacial score (nSPS) is 13.5. The van der Waals surface area contributed by atoms with E-state index in [9.17, 15) is 18.8 Å². The molecule has 0 bridgehead atoms. The van der Waals surface area contributed by atoms with E-state index in [1.54, 1.807) is 37.3 Å². The molecule has 4 rings (SSSR count). The number of esters is 2. The number of methoxy groups -OCH3 is 1. The number of fused-ring (bicyclic) bond motifs is 1. The second-order valence-corrected chi connectivity index (χ2v) is 7.02. The van der Waals surface area contributed by atoms with Crippen LogP contribution >= 0.6 is 0 Å². The van der Waals surface area contributed by atoms with Gasteiger partial charge in [-0.3, -0.25) is 4.79 Å². The maximum absolute atomic E-state index is 13.1. The Labute approximate surface area is 182 Å². The zero-order chi connectivity index (χ0) is 22.8. The molecule has 1 aliphatic heterocycles. The molecule has 0 aromatic heterocycles. The highest BCUT2D eigenvalue weighted by Crippen LogP contribution is 2.39. The lowest BCUT2D eigenvalue weighted by molar-refractivity contribution is 0.0600. The van der Waals surface area contributed by atoms with E-state index in [4.69, 9.17) is 9.47 Å². The first-order chi connectivity index (χ1) is 15.4. The Morgan fingerprint density at radius 3 is 2.19 bits per heavy atom. The topological polar surface area (TPSA) is 78.9 Å². The van der Waals surface area contributed by atoms with E-state index in [-0.39, 0.29) is 22.9 Å². The molecule has 32 heavy (non-hydrogen) atoms. The van der Waals surface area contributed by atoms with E-state index >= 15 is 0 Å². The van der Waals surface area contributed by atoms with Gasteiger partial charge in [0.1, 0.15) is 17.3 Å². The molecule has 3 aromatic carbocycles. The summed E-state index contributed by atoms with van der Waals surface area (Å²) in [6, 6.07) is 14.5. The van der Waals surface area contributed by atoms with Gasteiger partial charge in [0.2, 0.25) is 5.78 Å². The summed E-state index contributed by atoms with van der Waals surface area (Å²) < 4.78 is 28.9. The number of ether oxygens (including phenoxy) is 3. The molecule has 0 atom stereocenters. The van der Waals surface area contributed by atoms with E-state index < -0.39 is 17.8 Å². The van der Waals surface area contributed by atoms with Crippen molar-refractivity contribution in [1.29, 1.82) is 0 Å². The van der Waals surface area contributed by atoms with Crippen molar-refractivity contribution < 1.29 is 33.0 Å². The quantitative estimate of drug-likeness (QED) is 0.336. The van der Waals surface area contributed by atoms with Crippen LogP contribution in [0.5, 0.6) is 11.5 Å². The van der Waals surface area contributed by atoms with E-state index in [1.165, 1.54) is 43.5 Å². The smallest absolute Gasteiger partial charge is 0.343 e. The Kier molecular flexibility index (Phi) is 5.55. The number of carbonyl (C=O) groups excluding carboxylic acids is 3. The summed E-state index contributed by atoms with van der Waals surface area (Å²) in [5.74, 6) is -1.23. The molecule has 1 aliphatic rings. The van der Waals surface area contributed by atoms with Gasteiger partial charge in [0.05, 0.1) is 23.8 Å². The van der Waals surface area contributed by atoms with Crippen LogP contribution in [0, 0.1) is 12.7 Å². The Bertz CT molecular complexity index is 1260. The number of hydrogen-bond acceptors (Lipinski definition) is 6. The maximum atomic E-state index is 13.1. The Morgan fingerprint density at radius 2 is 1.53 bits per heavy atom. The molecule has 1 heterocycles. The summed E-state index contributed by atoms with van der Waals surface area (Å²) in [5, 5.41) is 0. The predicted octanol–water partition coefficient (Wildman–Crippen LogP) is 4.76. The summed E-state index contributed by atoms with van der Waals surface area (Å²) >= 11 is 0. The van der Waals surface area contributed by atoms with Gasteiger partial charge in [-0.15, -0.1) is 0 Å². The lowest BCUT2D eigenvalue weighted by Gasteiger charge is -2.10. The average Bonchev–Trinajstić information content (AvgIpc) is 3.12. The van der Waals surface area contributed by atoms with Gasteiger partial charge in [0.15, 0.2) is 5.76 Å². The van der Waals surface area contributed by atoms with Gasteiger partial charge in [-0.2, -0.15) is 0 Å². The standard InChI is InChI=1S/C25H17FO6/c1-14-20(32-25(29)17-7-9-18(26)10-8-17)12-11-19-22(27)21(31-23(14)19)13-15-3-5-16(6-4-15)24(28)30-2/h3-13H,1-2H3/b21-13-. The second-order valence-electron chi connectivity index (χ2n) is 7.02. The SMILES string of the molecule is COC(=O)c1ccc(/C=C2\Oc3c(ccc(OC(=O)c4ccc(F)cc4)c3C)C2=O)cc1. The molecule has 160 valence electrons. The van der Waals surface area contributed by atoms with Gasteiger partial charge in [-0.1, -0.05) is 12.1 Å². The largest absolute Gasteiger partial charge is 0.465 e. The fourth-order valence-corrected chi connectivity index (χ4v) is 3.21. The van der Waals surface area contributed by atoms with Gasteiger partial charge >= 0.3 is 11.9 Å². The molecular weight excluding hydrogens is 415 g/mol. The van der Waals surface area contributed by atoms with Crippen molar-refractivity contribution in [2.24, 2.45) is 0 Å². The molecule has 0 saturated carbocycles. The van der Waals surface area contributed by atoms with E-state index in [2.05, 4.69) is 4.74 Å². The summed E-state index contributed by atoms with van der Waals surface area (Å²) in [6.45, 7) is 1.67. The molecule has 0 radical (unpaired) electrons. The van der Waals surface area contributed by atoms with Crippen LogP contribution in [0.2, 0.25) is 0 Å². The third-order valence-corrected chi connectivity index (χ3v) is 4.95. The lowest BCUT2D eigenvalue weighted by Crippen LogP contribution is -2.09. The molecule has 0 saturated heterocycles. The third kappa shape index (κ3) is 4.00. The predicted molar refractivity (Wildman–Crippen MR) is 113 cm³/mol. The number of halogens is 1. The number of carbonyl (C=O) groups is 3. The van der Waals surface area contributed by atoms with Crippen LogP contribution in [0.4, 0.5) is 4.39 Å². The molecule has 0 fully saturated rings. The zero-order valence-electron chi connectivity index (χ0n) is 17.2. The van der Waals surface area contributed by atoms with Crippen molar-refractivity contribution in [3.05, 3.63) is 100 Å². The van der Waals surface area contributed by atoms with Gasteiger partial charge in [0, 0.05) is 5.56 Å². The number of rotatable bonds is 4. The van der Waals surface area contributed by atoms with E-state index in [0.29, 0.717) is 28.0 Å². The Hall–Kier alpha value is -4.26. The van der Waals surface area contributed by atoms with Crippen LogP contribution in [0.3, 0.4) is 0 Å². The highest BCUT2D eigenvalue weighted by molar-refractivity contribution is 6.15. The molecule has 0 unspecified atom stereocenters. The fraction of sp³-hybridized carbons (Fsp3) is 0.0800. The highest BCUT2D eigenvalue weighted by atomic mass is 19.1. The van der Waals surface area contributed by atoms with Crippen molar-refractivity contribution in [2.45, 2.75) is 6.92 Å². The highest BCUT2D eigenvalue weighted by Gasteiger charge is 2.30. The second kappa shape index (κ2) is 8.47. The minimum absolute atomic E-state index is 0.107. The summed E-state index contributed by atoms with van der Waals surface area (Å²) in [4.78, 5) is 36.7. The van der Waals surface area contributed by atoms with Gasteiger partial charge in [0.25, 0.3) is 0 Å². The molecule has 7 heteroatoms. The molecule has 0 N–H and O–H groups in total. The lowest BCUT2D eigenvalue weighted by atomic mass is 10.1. The Morgan fingerprint density at radius 1 is 0.906 bits per heavy atom. The van der Waals surface area contributed by atoms with Crippen molar-refractivity contribution in [3.63, 3.8) is 0 Å². The number of ketones is 1. The zero-order valence-corrected chi connectivity index (χ0v) is 17.2. The first-order valence-electron chi connectivity index (χ1n) is 9.61. The molecule has 0 aliphatic carbocycles. The van der Waals surface area contributed by atoms with Crippen molar-refractivity contribution in [1.82, 2.24) is 0 Å². The van der Waals surface area contributed by atoms with Crippen LogP contribution < -0.4 is 9.47 Å². The number of benzene rings is 3. The summed E-state index contributed by atoms with van der Waals surface area (Å²) in [5.41, 5.74) is 2.08. The molecule has 0 spiro atoms. The molecule has 0 amide bonds. The minimum Gasteiger partial charge on any atom is -0.465 e. The maximum Gasteiger partial charge on any atom is 0.343 e. The van der Waals surface area contributed by atoms with Gasteiger partial charge in [-0.25, -0.2) is 14.0 Å². The van der Waals surface area contributed by atoms with Crippen LogP contribution in [0.15, 0.2) is 66.4 Å². The van der Waals surface area contributed by atoms with Crippen LogP contribution in [-0.2, 0) is 4.74 Å². The van der Waals surface area contributed by atoms with Crippen molar-refractivity contribution in [3.8, 4) is 11.5 Å². The van der Waals surface area contributed by atoms with Gasteiger partial charge < -0.3 is 14.2 Å². The fourth-order valence-electron chi connectivity index (χ4n) is 3.21. The number of allylic oxidation sites excluding steroid dienone is 1. The molecule has 3 aromatic rings. The van der Waals surface area contributed by atoms with E-state index in [0.717, 1.165) is 0 Å². The first-order valence-corrected chi connectivity index (χ1v) is 9.61. The minimum atomic E-state index is -0.654. The molecular formula is C25H17FO6. The third-order valence-electron chi connectivity index (χ3n) is 4.95.